The Morgan fingerprint density at radius 1 is 1.21 bits per heavy atom. The van der Waals surface area contributed by atoms with Crippen LogP contribution in [0.15, 0.2) is 30.3 Å². The molecule has 1 unspecified atom stereocenters. The zero-order valence-corrected chi connectivity index (χ0v) is 8.90. The summed E-state index contributed by atoms with van der Waals surface area (Å²) in [6, 6.07) is 9.81. The first-order valence-corrected chi connectivity index (χ1v) is 5.12. The Morgan fingerprint density at radius 3 is 2.57 bits per heavy atom. The summed E-state index contributed by atoms with van der Waals surface area (Å²) in [5, 5.41) is 0. The van der Waals surface area contributed by atoms with Crippen molar-refractivity contribution in [2.75, 3.05) is 13.2 Å². The summed E-state index contributed by atoms with van der Waals surface area (Å²) in [6.45, 7) is 5.55. The van der Waals surface area contributed by atoms with Gasteiger partial charge in [-0.25, -0.2) is 0 Å². The lowest BCUT2D eigenvalue weighted by Gasteiger charge is -2.13. The molecule has 0 fully saturated rings. The zero-order chi connectivity index (χ0) is 10.2. The van der Waals surface area contributed by atoms with Gasteiger partial charge in [0.1, 0.15) is 12.4 Å². The standard InChI is InChI=1S/C12H18O2/c1-3-9-13-11(2)10-14-12-7-5-4-6-8-12/h4-8,11H,3,9-10H2,1-2H3. The van der Waals surface area contributed by atoms with E-state index in [1.165, 1.54) is 0 Å². The first-order chi connectivity index (χ1) is 6.83. The Hall–Kier alpha value is -1.02. The molecule has 0 heterocycles. The second-order valence-electron chi connectivity index (χ2n) is 3.31. The third-order valence-electron chi connectivity index (χ3n) is 1.83. The van der Waals surface area contributed by atoms with Gasteiger partial charge in [-0.3, -0.25) is 0 Å². The van der Waals surface area contributed by atoms with Crippen LogP contribution < -0.4 is 4.74 Å². The van der Waals surface area contributed by atoms with Crippen molar-refractivity contribution in [3.8, 4) is 5.75 Å². The van der Waals surface area contributed by atoms with E-state index >= 15 is 0 Å². The van der Waals surface area contributed by atoms with Crippen molar-refractivity contribution in [2.24, 2.45) is 0 Å². The van der Waals surface area contributed by atoms with Crippen molar-refractivity contribution in [1.82, 2.24) is 0 Å². The van der Waals surface area contributed by atoms with Crippen molar-refractivity contribution >= 4 is 0 Å². The predicted molar refractivity (Wildman–Crippen MR) is 57.6 cm³/mol. The maximum absolute atomic E-state index is 5.54. The van der Waals surface area contributed by atoms with Gasteiger partial charge < -0.3 is 9.47 Å². The lowest BCUT2D eigenvalue weighted by molar-refractivity contribution is 0.0327. The number of benzene rings is 1. The van der Waals surface area contributed by atoms with Crippen LogP contribution in [-0.2, 0) is 4.74 Å². The molecule has 0 saturated heterocycles. The fraction of sp³-hybridized carbons (Fsp3) is 0.500. The molecular formula is C12H18O2. The lowest BCUT2D eigenvalue weighted by Crippen LogP contribution is -2.18. The number of rotatable bonds is 6. The van der Waals surface area contributed by atoms with E-state index < -0.39 is 0 Å². The molecular weight excluding hydrogens is 176 g/mol. The summed E-state index contributed by atoms with van der Waals surface area (Å²) in [5.41, 5.74) is 0. The van der Waals surface area contributed by atoms with Gasteiger partial charge in [-0.15, -0.1) is 0 Å². The van der Waals surface area contributed by atoms with Crippen LogP contribution in [0.4, 0.5) is 0 Å². The van der Waals surface area contributed by atoms with Gasteiger partial charge in [0.2, 0.25) is 0 Å². The average molecular weight is 194 g/mol. The van der Waals surface area contributed by atoms with E-state index in [1.807, 2.05) is 37.3 Å². The van der Waals surface area contributed by atoms with Crippen LogP contribution in [0.1, 0.15) is 20.3 Å². The van der Waals surface area contributed by atoms with Gasteiger partial charge in [0.15, 0.2) is 0 Å². The van der Waals surface area contributed by atoms with E-state index in [1.54, 1.807) is 0 Å². The molecule has 0 saturated carbocycles. The topological polar surface area (TPSA) is 18.5 Å². The van der Waals surface area contributed by atoms with Gasteiger partial charge in [-0.05, 0) is 25.5 Å². The Labute approximate surface area is 85.8 Å². The number of hydrogen-bond acceptors (Lipinski definition) is 2. The molecule has 0 radical (unpaired) electrons. The highest BCUT2D eigenvalue weighted by molar-refractivity contribution is 5.20. The monoisotopic (exact) mass is 194 g/mol. The average Bonchev–Trinajstić information content (AvgIpc) is 2.25. The van der Waals surface area contributed by atoms with Crippen molar-refractivity contribution < 1.29 is 9.47 Å². The third kappa shape index (κ3) is 4.28. The van der Waals surface area contributed by atoms with E-state index in [-0.39, 0.29) is 6.10 Å². The molecule has 1 aromatic carbocycles. The fourth-order valence-corrected chi connectivity index (χ4v) is 1.10. The van der Waals surface area contributed by atoms with Crippen LogP contribution in [0.5, 0.6) is 5.75 Å². The molecule has 0 aliphatic heterocycles. The van der Waals surface area contributed by atoms with Gasteiger partial charge in [0, 0.05) is 6.61 Å². The minimum atomic E-state index is 0.162. The van der Waals surface area contributed by atoms with Gasteiger partial charge in [0.05, 0.1) is 6.10 Å². The Kier molecular flexibility index (Phi) is 5.08. The molecule has 0 aliphatic rings. The number of ether oxygens (including phenoxy) is 2. The maximum atomic E-state index is 5.54. The largest absolute Gasteiger partial charge is 0.491 e. The van der Waals surface area contributed by atoms with Crippen molar-refractivity contribution in [3.05, 3.63) is 30.3 Å². The second-order valence-corrected chi connectivity index (χ2v) is 3.31. The molecule has 14 heavy (non-hydrogen) atoms. The fourth-order valence-electron chi connectivity index (χ4n) is 1.10. The van der Waals surface area contributed by atoms with E-state index in [0.717, 1.165) is 18.8 Å². The number of hydrogen-bond donors (Lipinski definition) is 0. The van der Waals surface area contributed by atoms with Crippen LogP contribution >= 0.6 is 0 Å². The van der Waals surface area contributed by atoms with E-state index in [2.05, 4.69) is 6.92 Å². The summed E-state index contributed by atoms with van der Waals surface area (Å²) in [5.74, 6) is 0.902. The smallest absolute Gasteiger partial charge is 0.119 e. The summed E-state index contributed by atoms with van der Waals surface area (Å²) in [6.07, 6.45) is 1.21. The molecule has 0 N–H and O–H groups in total. The SMILES string of the molecule is CCCOC(C)COc1ccccc1. The first kappa shape index (κ1) is 11.1. The predicted octanol–water partition coefficient (Wildman–Crippen LogP) is 2.88. The molecule has 2 heteroatoms. The van der Waals surface area contributed by atoms with E-state index in [0.29, 0.717) is 6.61 Å². The van der Waals surface area contributed by atoms with Crippen LogP contribution in [-0.4, -0.2) is 19.3 Å². The lowest BCUT2D eigenvalue weighted by atomic mass is 10.3. The molecule has 0 amide bonds. The molecule has 1 aromatic rings. The maximum Gasteiger partial charge on any atom is 0.119 e. The van der Waals surface area contributed by atoms with Gasteiger partial charge in [-0.1, -0.05) is 25.1 Å². The first-order valence-electron chi connectivity index (χ1n) is 5.12. The Bertz CT molecular complexity index is 233. The van der Waals surface area contributed by atoms with Gasteiger partial charge in [0.25, 0.3) is 0 Å². The van der Waals surface area contributed by atoms with Gasteiger partial charge >= 0.3 is 0 Å². The quantitative estimate of drug-likeness (QED) is 0.693. The minimum absolute atomic E-state index is 0.162. The molecule has 0 aliphatic carbocycles. The van der Waals surface area contributed by atoms with Crippen LogP contribution in [0, 0.1) is 0 Å². The Morgan fingerprint density at radius 2 is 1.93 bits per heavy atom. The van der Waals surface area contributed by atoms with Crippen LogP contribution in [0.3, 0.4) is 0 Å². The highest BCUT2D eigenvalue weighted by Gasteiger charge is 2.01. The molecule has 0 bridgehead atoms. The summed E-state index contributed by atoms with van der Waals surface area (Å²) in [7, 11) is 0. The minimum Gasteiger partial charge on any atom is -0.491 e. The van der Waals surface area contributed by atoms with Crippen LogP contribution in [0.2, 0.25) is 0 Å². The molecule has 0 spiro atoms. The summed E-state index contributed by atoms with van der Waals surface area (Å²) in [4.78, 5) is 0. The van der Waals surface area contributed by atoms with Crippen molar-refractivity contribution in [1.29, 1.82) is 0 Å². The molecule has 78 valence electrons. The molecule has 2 nitrogen and oxygen atoms in total. The summed E-state index contributed by atoms with van der Waals surface area (Å²) < 4.78 is 11.0. The highest BCUT2D eigenvalue weighted by atomic mass is 16.5. The Balaban J connectivity index is 2.20. The van der Waals surface area contributed by atoms with E-state index in [4.69, 9.17) is 9.47 Å². The second kappa shape index (κ2) is 6.44. The highest BCUT2D eigenvalue weighted by Crippen LogP contribution is 2.08. The normalized spacial score (nSPS) is 12.4. The number of para-hydroxylation sites is 1. The summed E-state index contributed by atoms with van der Waals surface area (Å²) >= 11 is 0. The molecule has 1 rings (SSSR count). The van der Waals surface area contributed by atoms with Crippen molar-refractivity contribution in [2.45, 2.75) is 26.4 Å². The zero-order valence-electron chi connectivity index (χ0n) is 8.90. The third-order valence-corrected chi connectivity index (χ3v) is 1.83. The molecule has 0 aromatic heterocycles. The van der Waals surface area contributed by atoms with Crippen LogP contribution in [0.25, 0.3) is 0 Å². The van der Waals surface area contributed by atoms with E-state index in [9.17, 15) is 0 Å². The molecule has 1 atom stereocenters. The van der Waals surface area contributed by atoms with Crippen molar-refractivity contribution in [3.63, 3.8) is 0 Å². The van der Waals surface area contributed by atoms with Gasteiger partial charge in [-0.2, -0.15) is 0 Å².